The molecule has 0 unspecified atom stereocenters. The Labute approximate surface area is 102 Å². The van der Waals surface area contributed by atoms with E-state index in [-0.39, 0.29) is 0 Å². The molecule has 0 aliphatic carbocycles. The number of nitrogens with one attached hydrogen (secondary N) is 1. The minimum atomic E-state index is 0.836. The molecule has 1 aromatic carbocycles. The average Bonchev–Trinajstić information content (AvgIpc) is 2.32. The first-order valence-corrected chi connectivity index (χ1v) is 5.84. The minimum Gasteiger partial charge on any atom is -0.340 e. The van der Waals surface area contributed by atoms with Crippen LogP contribution in [0.15, 0.2) is 30.6 Å². The molecule has 3 heteroatoms. The van der Waals surface area contributed by atoms with Gasteiger partial charge >= 0.3 is 0 Å². The molecule has 0 saturated heterocycles. The molecule has 3 nitrogen and oxygen atoms in total. The van der Waals surface area contributed by atoms with Gasteiger partial charge in [-0.3, -0.25) is 0 Å². The van der Waals surface area contributed by atoms with Crippen molar-refractivity contribution in [1.29, 1.82) is 0 Å². The van der Waals surface area contributed by atoms with Gasteiger partial charge in [0.25, 0.3) is 0 Å². The number of hydrogen-bond acceptors (Lipinski definition) is 3. The largest absolute Gasteiger partial charge is 0.340 e. The first-order chi connectivity index (χ1) is 8.19. The zero-order valence-electron chi connectivity index (χ0n) is 10.5. The van der Waals surface area contributed by atoms with Gasteiger partial charge in [-0.05, 0) is 43.5 Å². The van der Waals surface area contributed by atoms with Crippen molar-refractivity contribution in [2.45, 2.75) is 27.2 Å². The maximum atomic E-state index is 4.19. The van der Waals surface area contributed by atoms with E-state index in [1.165, 1.54) is 11.1 Å². The summed E-state index contributed by atoms with van der Waals surface area (Å²) < 4.78 is 0. The van der Waals surface area contributed by atoms with Crippen molar-refractivity contribution in [2.75, 3.05) is 5.32 Å². The van der Waals surface area contributed by atoms with E-state index < -0.39 is 0 Å². The molecule has 0 fully saturated rings. The summed E-state index contributed by atoms with van der Waals surface area (Å²) in [5.74, 6) is 0.836. The molecule has 0 bridgehead atoms. The zero-order chi connectivity index (χ0) is 12.3. The normalized spacial score (nSPS) is 10.3. The Morgan fingerprint density at radius 2 is 1.94 bits per heavy atom. The molecule has 17 heavy (non-hydrogen) atoms. The molecule has 1 N–H and O–H groups in total. The van der Waals surface area contributed by atoms with Crippen LogP contribution in [0.3, 0.4) is 0 Å². The Hall–Kier alpha value is -1.90. The summed E-state index contributed by atoms with van der Waals surface area (Å²) in [6.45, 7) is 6.26. The molecule has 1 aromatic heterocycles. The lowest BCUT2D eigenvalue weighted by Crippen LogP contribution is -1.96. The first-order valence-electron chi connectivity index (χ1n) is 5.84. The van der Waals surface area contributed by atoms with Gasteiger partial charge in [0.15, 0.2) is 0 Å². The van der Waals surface area contributed by atoms with Crippen LogP contribution in [0.2, 0.25) is 0 Å². The third kappa shape index (κ3) is 2.81. The Bertz CT molecular complexity index is 521. The SMILES string of the molecule is CCc1cc(Nc2cc(C)ncn2)ccc1C. The van der Waals surface area contributed by atoms with Gasteiger partial charge in [0.1, 0.15) is 12.1 Å². The maximum Gasteiger partial charge on any atom is 0.133 e. The van der Waals surface area contributed by atoms with Gasteiger partial charge in [-0.1, -0.05) is 13.0 Å². The maximum absolute atomic E-state index is 4.19. The van der Waals surface area contributed by atoms with Gasteiger partial charge in [0, 0.05) is 17.4 Å². The molecule has 2 aromatic rings. The van der Waals surface area contributed by atoms with Crippen LogP contribution in [0.25, 0.3) is 0 Å². The highest BCUT2D eigenvalue weighted by Crippen LogP contribution is 2.19. The van der Waals surface area contributed by atoms with Crippen molar-refractivity contribution in [2.24, 2.45) is 0 Å². The van der Waals surface area contributed by atoms with Crippen LogP contribution in [0, 0.1) is 13.8 Å². The second-order valence-electron chi connectivity index (χ2n) is 4.16. The summed E-state index contributed by atoms with van der Waals surface area (Å²) in [6.07, 6.45) is 2.62. The van der Waals surface area contributed by atoms with Gasteiger partial charge in [-0.25, -0.2) is 9.97 Å². The molecule has 0 amide bonds. The second kappa shape index (κ2) is 4.95. The molecule has 0 radical (unpaired) electrons. The molecule has 0 aliphatic rings. The Balaban J connectivity index is 2.24. The molecule has 0 saturated carbocycles. The number of aryl methyl sites for hydroxylation is 3. The van der Waals surface area contributed by atoms with Crippen LogP contribution in [0.1, 0.15) is 23.7 Å². The average molecular weight is 227 g/mol. The van der Waals surface area contributed by atoms with Crippen LogP contribution in [0.5, 0.6) is 0 Å². The number of hydrogen-bond donors (Lipinski definition) is 1. The quantitative estimate of drug-likeness (QED) is 0.873. The smallest absolute Gasteiger partial charge is 0.133 e. The predicted octanol–water partition coefficient (Wildman–Crippen LogP) is 3.40. The van der Waals surface area contributed by atoms with Gasteiger partial charge in [-0.2, -0.15) is 0 Å². The van der Waals surface area contributed by atoms with Crippen molar-refractivity contribution < 1.29 is 0 Å². The van der Waals surface area contributed by atoms with E-state index in [2.05, 4.69) is 47.3 Å². The molecule has 0 spiro atoms. The van der Waals surface area contributed by atoms with E-state index in [1.807, 2.05) is 13.0 Å². The van der Waals surface area contributed by atoms with Crippen LogP contribution in [-0.4, -0.2) is 9.97 Å². The van der Waals surface area contributed by atoms with Crippen molar-refractivity contribution in [3.63, 3.8) is 0 Å². The molecule has 2 rings (SSSR count). The van der Waals surface area contributed by atoms with Crippen molar-refractivity contribution in [3.8, 4) is 0 Å². The lowest BCUT2D eigenvalue weighted by atomic mass is 10.1. The van der Waals surface area contributed by atoms with Crippen LogP contribution in [0.4, 0.5) is 11.5 Å². The summed E-state index contributed by atoms with van der Waals surface area (Å²) >= 11 is 0. The fourth-order valence-corrected chi connectivity index (χ4v) is 1.80. The molecular formula is C14H17N3. The van der Waals surface area contributed by atoms with E-state index >= 15 is 0 Å². The Morgan fingerprint density at radius 1 is 1.12 bits per heavy atom. The van der Waals surface area contributed by atoms with Crippen molar-refractivity contribution in [3.05, 3.63) is 47.4 Å². The Kier molecular flexibility index (Phi) is 3.38. The molecule has 0 atom stereocenters. The summed E-state index contributed by atoms with van der Waals surface area (Å²) in [4.78, 5) is 8.27. The van der Waals surface area contributed by atoms with Crippen LogP contribution >= 0.6 is 0 Å². The molecular weight excluding hydrogens is 210 g/mol. The van der Waals surface area contributed by atoms with Gasteiger partial charge < -0.3 is 5.32 Å². The van der Waals surface area contributed by atoms with Crippen molar-refractivity contribution in [1.82, 2.24) is 9.97 Å². The van der Waals surface area contributed by atoms with Gasteiger partial charge in [-0.15, -0.1) is 0 Å². The topological polar surface area (TPSA) is 37.8 Å². The van der Waals surface area contributed by atoms with E-state index in [1.54, 1.807) is 6.33 Å². The van der Waals surface area contributed by atoms with E-state index in [0.717, 1.165) is 23.6 Å². The summed E-state index contributed by atoms with van der Waals surface area (Å²) in [5.41, 5.74) is 4.73. The predicted molar refractivity (Wildman–Crippen MR) is 70.6 cm³/mol. The van der Waals surface area contributed by atoms with Gasteiger partial charge in [0.2, 0.25) is 0 Å². The lowest BCUT2D eigenvalue weighted by Gasteiger charge is -2.09. The fraction of sp³-hybridized carbons (Fsp3) is 0.286. The summed E-state index contributed by atoms with van der Waals surface area (Å²) in [5, 5.41) is 3.30. The third-order valence-corrected chi connectivity index (χ3v) is 2.81. The highest BCUT2D eigenvalue weighted by molar-refractivity contribution is 5.58. The summed E-state index contributed by atoms with van der Waals surface area (Å²) in [7, 11) is 0. The van der Waals surface area contributed by atoms with E-state index in [9.17, 15) is 0 Å². The number of rotatable bonds is 3. The number of benzene rings is 1. The Morgan fingerprint density at radius 3 is 2.65 bits per heavy atom. The highest BCUT2D eigenvalue weighted by atomic mass is 15.0. The molecule has 0 aliphatic heterocycles. The molecule has 88 valence electrons. The minimum absolute atomic E-state index is 0.836. The monoisotopic (exact) mass is 227 g/mol. The number of anilines is 2. The first kappa shape index (κ1) is 11.6. The van der Waals surface area contributed by atoms with Crippen LogP contribution in [-0.2, 0) is 6.42 Å². The fourth-order valence-electron chi connectivity index (χ4n) is 1.80. The van der Waals surface area contributed by atoms with Gasteiger partial charge in [0.05, 0.1) is 0 Å². The standard InChI is InChI=1S/C14H17N3/c1-4-12-8-13(6-5-10(12)2)17-14-7-11(3)15-9-16-14/h5-9H,4H2,1-3H3,(H,15,16,17). The second-order valence-corrected chi connectivity index (χ2v) is 4.16. The zero-order valence-corrected chi connectivity index (χ0v) is 10.5. The number of nitrogens with zero attached hydrogens (tertiary/aromatic N) is 2. The van der Waals surface area contributed by atoms with Crippen LogP contribution < -0.4 is 5.32 Å². The lowest BCUT2D eigenvalue weighted by molar-refractivity contribution is 1.10. The highest BCUT2D eigenvalue weighted by Gasteiger charge is 2.00. The van der Waals surface area contributed by atoms with E-state index in [0.29, 0.717) is 0 Å². The molecule has 1 heterocycles. The summed E-state index contributed by atoms with van der Waals surface area (Å²) in [6, 6.07) is 8.32. The third-order valence-electron chi connectivity index (χ3n) is 2.81. The van der Waals surface area contributed by atoms with Crippen molar-refractivity contribution >= 4 is 11.5 Å². The van der Waals surface area contributed by atoms with E-state index in [4.69, 9.17) is 0 Å². The number of aromatic nitrogens is 2.